The summed E-state index contributed by atoms with van der Waals surface area (Å²) in [6.07, 6.45) is 5.70. The maximum Gasteiger partial charge on any atom is 0.225 e. The topological polar surface area (TPSA) is 61.9 Å². The fourth-order valence-corrected chi connectivity index (χ4v) is 4.53. The van der Waals surface area contributed by atoms with Crippen molar-refractivity contribution in [2.45, 2.75) is 51.1 Å². The average molecular weight is 400 g/mol. The predicted octanol–water partition coefficient (Wildman–Crippen LogP) is 2.42. The molecule has 3 fully saturated rings. The highest BCUT2D eigenvalue weighted by atomic mass is 16.5. The Kier molecular flexibility index (Phi) is 6.38. The Morgan fingerprint density at radius 3 is 2.38 bits per heavy atom. The van der Waals surface area contributed by atoms with E-state index in [0.29, 0.717) is 5.91 Å². The number of carbonyl (C=O) groups is 2. The quantitative estimate of drug-likeness (QED) is 0.798. The highest BCUT2D eigenvalue weighted by Gasteiger charge is 2.36. The summed E-state index contributed by atoms with van der Waals surface area (Å²) in [4.78, 5) is 29.3. The number of ether oxygens (including phenoxy) is 1. The fraction of sp³-hybridized carbons (Fsp3) is 0.652. The summed E-state index contributed by atoms with van der Waals surface area (Å²) in [7, 11) is 1.70. The number of carbonyl (C=O) groups excluding carboxylic acids is 2. The van der Waals surface area contributed by atoms with Gasteiger partial charge in [-0.2, -0.15) is 0 Å². The molecule has 29 heavy (non-hydrogen) atoms. The lowest BCUT2D eigenvalue weighted by Crippen LogP contribution is -2.48. The van der Waals surface area contributed by atoms with E-state index in [0.717, 1.165) is 77.0 Å². The van der Waals surface area contributed by atoms with Crippen LogP contribution >= 0.6 is 0 Å². The molecule has 0 aromatic heterocycles. The van der Waals surface area contributed by atoms with Crippen LogP contribution in [0.5, 0.6) is 5.75 Å². The molecule has 0 unspecified atom stereocenters. The smallest absolute Gasteiger partial charge is 0.225 e. The molecule has 4 rings (SSSR count). The van der Waals surface area contributed by atoms with Crippen LogP contribution in [0.3, 0.4) is 0 Å². The van der Waals surface area contributed by atoms with Gasteiger partial charge in [0.15, 0.2) is 0 Å². The lowest BCUT2D eigenvalue weighted by Gasteiger charge is -2.35. The Morgan fingerprint density at radius 2 is 1.72 bits per heavy atom. The molecule has 0 radical (unpaired) electrons. The van der Waals surface area contributed by atoms with Gasteiger partial charge in [-0.05, 0) is 56.2 Å². The molecule has 2 saturated heterocycles. The van der Waals surface area contributed by atoms with Crippen molar-refractivity contribution in [2.75, 3.05) is 33.3 Å². The minimum absolute atomic E-state index is 0.0630. The number of nitrogens with zero attached hydrogens (tertiary/aromatic N) is 2. The van der Waals surface area contributed by atoms with Crippen LogP contribution in [0.15, 0.2) is 24.3 Å². The van der Waals surface area contributed by atoms with Crippen molar-refractivity contribution in [3.63, 3.8) is 0 Å². The summed E-state index contributed by atoms with van der Waals surface area (Å²) in [5, 5.41) is 3.28. The minimum atomic E-state index is 0.0630. The maximum atomic E-state index is 12.7. The van der Waals surface area contributed by atoms with Gasteiger partial charge in [0, 0.05) is 50.6 Å². The zero-order valence-corrected chi connectivity index (χ0v) is 17.4. The van der Waals surface area contributed by atoms with Crippen molar-refractivity contribution in [1.82, 2.24) is 15.1 Å². The van der Waals surface area contributed by atoms with Crippen molar-refractivity contribution in [3.8, 4) is 5.75 Å². The van der Waals surface area contributed by atoms with Gasteiger partial charge in [-0.15, -0.1) is 0 Å². The standard InChI is InChI=1S/C23H33N3O3/c1-29-21-4-2-3-17(15-21)16-25-11-9-20(10-12-25)24-22(27)18-7-13-26(14-8-18)23(28)19-5-6-19/h2-4,15,18-20H,5-14,16H2,1H3,(H,24,27). The zero-order chi connectivity index (χ0) is 20.2. The number of methoxy groups -OCH3 is 1. The number of nitrogens with one attached hydrogen (secondary N) is 1. The largest absolute Gasteiger partial charge is 0.497 e. The predicted molar refractivity (Wildman–Crippen MR) is 111 cm³/mol. The molecule has 2 aliphatic heterocycles. The number of hydrogen-bond acceptors (Lipinski definition) is 4. The van der Waals surface area contributed by atoms with Crippen molar-refractivity contribution in [3.05, 3.63) is 29.8 Å². The Bertz CT molecular complexity index is 718. The van der Waals surface area contributed by atoms with E-state index in [-0.39, 0.29) is 23.8 Å². The van der Waals surface area contributed by atoms with Crippen LogP contribution in [0.25, 0.3) is 0 Å². The van der Waals surface area contributed by atoms with E-state index in [4.69, 9.17) is 4.74 Å². The van der Waals surface area contributed by atoms with Gasteiger partial charge in [-0.25, -0.2) is 0 Å². The second-order valence-corrected chi connectivity index (χ2v) is 8.78. The first-order valence-electron chi connectivity index (χ1n) is 11.1. The van der Waals surface area contributed by atoms with Crippen LogP contribution in [0.1, 0.15) is 44.1 Å². The van der Waals surface area contributed by atoms with Crippen molar-refractivity contribution in [2.24, 2.45) is 11.8 Å². The first kappa shape index (κ1) is 20.2. The summed E-state index contributed by atoms with van der Waals surface area (Å²) in [5.74, 6) is 1.74. The molecule has 0 spiro atoms. The van der Waals surface area contributed by atoms with E-state index in [2.05, 4.69) is 22.3 Å². The Hall–Kier alpha value is -2.08. The molecule has 1 saturated carbocycles. The molecular formula is C23H33N3O3. The Morgan fingerprint density at radius 1 is 1.00 bits per heavy atom. The second-order valence-electron chi connectivity index (χ2n) is 8.78. The molecule has 2 heterocycles. The molecule has 2 amide bonds. The third kappa shape index (κ3) is 5.30. The Labute approximate surface area is 173 Å². The highest BCUT2D eigenvalue weighted by Crippen LogP contribution is 2.32. The first-order chi connectivity index (χ1) is 14.1. The van der Waals surface area contributed by atoms with Crippen molar-refractivity contribution >= 4 is 11.8 Å². The first-order valence-corrected chi connectivity index (χ1v) is 11.1. The SMILES string of the molecule is COc1cccc(CN2CCC(NC(=O)C3CCN(C(=O)C4CC4)CC3)CC2)c1. The Balaban J connectivity index is 1.17. The summed E-state index contributed by atoms with van der Waals surface area (Å²) in [5.41, 5.74) is 1.26. The molecule has 3 aliphatic rings. The maximum absolute atomic E-state index is 12.7. The molecule has 1 aliphatic carbocycles. The molecule has 6 heteroatoms. The van der Waals surface area contributed by atoms with E-state index in [1.807, 2.05) is 17.0 Å². The number of benzene rings is 1. The summed E-state index contributed by atoms with van der Waals surface area (Å²) in [6, 6.07) is 8.50. The second kappa shape index (κ2) is 9.16. The van der Waals surface area contributed by atoms with Crippen LogP contribution in [-0.4, -0.2) is 60.9 Å². The number of likely N-dealkylation sites (tertiary alicyclic amines) is 2. The normalized spacial score (nSPS) is 21.8. The molecule has 158 valence electrons. The van der Waals surface area contributed by atoms with Crippen molar-refractivity contribution in [1.29, 1.82) is 0 Å². The van der Waals surface area contributed by atoms with Crippen LogP contribution in [-0.2, 0) is 16.1 Å². The van der Waals surface area contributed by atoms with Gasteiger partial charge in [0.25, 0.3) is 0 Å². The lowest BCUT2D eigenvalue weighted by atomic mass is 9.94. The molecule has 1 N–H and O–H groups in total. The van der Waals surface area contributed by atoms with E-state index in [1.54, 1.807) is 7.11 Å². The molecule has 0 bridgehead atoms. The third-order valence-electron chi connectivity index (χ3n) is 6.58. The van der Waals surface area contributed by atoms with Gasteiger partial charge in [-0.3, -0.25) is 14.5 Å². The van der Waals surface area contributed by atoms with Crippen molar-refractivity contribution < 1.29 is 14.3 Å². The van der Waals surface area contributed by atoms with Gasteiger partial charge in [0.1, 0.15) is 5.75 Å². The van der Waals surface area contributed by atoms with Gasteiger partial charge < -0.3 is 15.0 Å². The van der Waals surface area contributed by atoms with Crippen LogP contribution in [0.4, 0.5) is 0 Å². The van der Waals surface area contributed by atoms with E-state index < -0.39 is 0 Å². The molecule has 6 nitrogen and oxygen atoms in total. The molecule has 0 atom stereocenters. The summed E-state index contributed by atoms with van der Waals surface area (Å²) < 4.78 is 5.31. The van der Waals surface area contributed by atoms with Crippen LogP contribution < -0.4 is 10.1 Å². The lowest BCUT2D eigenvalue weighted by molar-refractivity contribution is -0.136. The number of hydrogen-bond donors (Lipinski definition) is 1. The van der Waals surface area contributed by atoms with Crippen LogP contribution in [0, 0.1) is 11.8 Å². The van der Waals surface area contributed by atoms with E-state index in [9.17, 15) is 9.59 Å². The number of rotatable bonds is 6. The van der Waals surface area contributed by atoms with Gasteiger partial charge in [0.05, 0.1) is 7.11 Å². The molecule has 1 aromatic carbocycles. The molecule has 1 aromatic rings. The van der Waals surface area contributed by atoms with E-state index in [1.165, 1.54) is 5.56 Å². The minimum Gasteiger partial charge on any atom is -0.497 e. The van der Waals surface area contributed by atoms with Gasteiger partial charge in [-0.1, -0.05) is 12.1 Å². The van der Waals surface area contributed by atoms with Crippen LogP contribution in [0.2, 0.25) is 0 Å². The summed E-state index contributed by atoms with van der Waals surface area (Å²) in [6.45, 7) is 4.40. The van der Waals surface area contributed by atoms with Gasteiger partial charge >= 0.3 is 0 Å². The highest BCUT2D eigenvalue weighted by molar-refractivity contribution is 5.82. The average Bonchev–Trinajstić information content (AvgIpc) is 3.60. The molecular weight excluding hydrogens is 366 g/mol. The van der Waals surface area contributed by atoms with E-state index >= 15 is 0 Å². The monoisotopic (exact) mass is 399 g/mol. The van der Waals surface area contributed by atoms with Gasteiger partial charge in [0.2, 0.25) is 11.8 Å². The third-order valence-corrected chi connectivity index (χ3v) is 6.58. The number of piperidine rings is 2. The summed E-state index contributed by atoms with van der Waals surface area (Å²) >= 11 is 0. The number of amides is 2. The fourth-order valence-electron chi connectivity index (χ4n) is 4.53. The zero-order valence-electron chi connectivity index (χ0n) is 17.4.